The monoisotopic (exact) mass is 483 g/mol. The van der Waals surface area contributed by atoms with Crippen molar-refractivity contribution in [2.24, 2.45) is 5.73 Å². The van der Waals surface area contributed by atoms with Gasteiger partial charge in [-0.25, -0.2) is 4.98 Å². The Morgan fingerprint density at radius 3 is 2.69 bits per heavy atom. The van der Waals surface area contributed by atoms with Crippen LogP contribution >= 0.6 is 0 Å². The highest BCUT2D eigenvalue weighted by molar-refractivity contribution is 6.04. The first-order valence-corrected chi connectivity index (χ1v) is 12.1. The second-order valence-corrected chi connectivity index (χ2v) is 9.11. The molecule has 1 aliphatic heterocycles. The molecule has 36 heavy (non-hydrogen) atoms. The number of rotatable bonds is 8. The van der Waals surface area contributed by atoms with Gasteiger partial charge in [0, 0.05) is 30.2 Å². The number of imidazole rings is 1. The summed E-state index contributed by atoms with van der Waals surface area (Å²) in [5.74, 6) is 0.151. The molecule has 1 fully saturated rings. The molecular formula is C28H29N5O3. The fourth-order valence-corrected chi connectivity index (χ4v) is 4.66. The molecular weight excluding hydrogens is 454 g/mol. The fraction of sp³-hybridized carbons (Fsp3) is 0.250. The molecule has 2 amide bonds. The third-order valence-corrected chi connectivity index (χ3v) is 6.56. The van der Waals surface area contributed by atoms with Crippen molar-refractivity contribution in [1.82, 2.24) is 14.3 Å². The van der Waals surface area contributed by atoms with Gasteiger partial charge in [0.05, 0.1) is 11.7 Å². The predicted octanol–water partition coefficient (Wildman–Crippen LogP) is 3.92. The van der Waals surface area contributed by atoms with Crippen molar-refractivity contribution in [2.45, 2.75) is 39.0 Å². The van der Waals surface area contributed by atoms with E-state index in [1.54, 1.807) is 24.3 Å². The number of pyridine rings is 1. The zero-order valence-corrected chi connectivity index (χ0v) is 20.2. The van der Waals surface area contributed by atoms with E-state index in [-0.39, 0.29) is 17.9 Å². The topological polar surface area (TPSA) is 102 Å². The number of nitrogens with one attached hydrogen (secondary N) is 1. The number of hydrogen-bond donors (Lipinski definition) is 2. The van der Waals surface area contributed by atoms with Crippen molar-refractivity contribution < 1.29 is 14.3 Å². The SMILES string of the molecule is Cc1cccn2cc(COc3ccc(C(=O)Nc4ccccc4CN4CCCC4C(N)=O)cc3)nc12. The van der Waals surface area contributed by atoms with Gasteiger partial charge in [0.2, 0.25) is 5.91 Å². The summed E-state index contributed by atoms with van der Waals surface area (Å²) in [4.78, 5) is 31.4. The summed E-state index contributed by atoms with van der Waals surface area (Å²) in [5.41, 5.74) is 10.6. The van der Waals surface area contributed by atoms with Crippen molar-refractivity contribution in [3.63, 3.8) is 0 Å². The normalized spacial score (nSPS) is 15.8. The van der Waals surface area contributed by atoms with Crippen molar-refractivity contribution in [3.8, 4) is 5.75 Å². The lowest BCUT2D eigenvalue weighted by Gasteiger charge is -2.23. The number of ether oxygens (including phenoxy) is 1. The van der Waals surface area contributed by atoms with E-state index in [2.05, 4.69) is 15.2 Å². The van der Waals surface area contributed by atoms with Gasteiger partial charge in [0.25, 0.3) is 5.91 Å². The molecule has 1 unspecified atom stereocenters. The number of para-hydroxylation sites is 1. The summed E-state index contributed by atoms with van der Waals surface area (Å²) in [6.45, 7) is 3.73. The molecule has 0 spiro atoms. The number of nitrogens with zero attached hydrogens (tertiary/aromatic N) is 3. The Kier molecular flexibility index (Phi) is 6.69. The van der Waals surface area contributed by atoms with Crippen LogP contribution in [0, 0.1) is 6.92 Å². The molecule has 184 valence electrons. The maximum Gasteiger partial charge on any atom is 0.255 e. The highest BCUT2D eigenvalue weighted by Crippen LogP contribution is 2.24. The van der Waals surface area contributed by atoms with Crippen LogP contribution in [-0.4, -0.2) is 38.7 Å². The lowest BCUT2D eigenvalue weighted by atomic mass is 10.1. The fourth-order valence-electron chi connectivity index (χ4n) is 4.66. The molecule has 0 radical (unpaired) electrons. The molecule has 3 N–H and O–H groups in total. The van der Waals surface area contributed by atoms with Gasteiger partial charge in [-0.1, -0.05) is 24.3 Å². The van der Waals surface area contributed by atoms with Gasteiger partial charge >= 0.3 is 0 Å². The molecule has 4 aromatic rings. The van der Waals surface area contributed by atoms with Gasteiger partial charge in [-0.2, -0.15) is 0 Å². The van der Waals surface area contributed by atoms with Gasteiger partial charge < -0.3 is 20.2 Å². The maximum atomic E-state index is 12.9. The van der Waals surface area contributed by atoms with E-state index >= 15 is 0 Å². The van der Waals surface area contributed by atoms with Gasteiger partial charge in [-0.15, -0.1) is 0 Å². The van der Waals surface area contributed by atoms with E-state index in [1.807, 2.05) is 60.1 Å². The van der Waals surface area contributed by atoms with Crippen LogP contribution in [0.25, 0.3) is 5.65 Å². The highest BCUT2D eigenvalue weighted by atomic mass is 16.5. The van der Waals surface area contributed by atoms with E-state index < -0.39 is 0 Å². The van der Waals surface area contributed by atoms with E-state index in [0.717, 1.165) is 47.5 Å². The van der Waals surface area contributed by atoms with Crippen molar-refractivity contribution in [2.75, 3.05) is 11.9 Å². The number of primary amides is 1. The third-order valence-electron chi connectivity index (χ3n) is 6.56. The molecule has 0 aliphatic carbocycles. The Bertz CT molecular complexity index is 1400. The summed E-state index contributed by atoms with van der Waals surface area (Å²) >= 11 is 0. The van der Waals surface area contributed by atoms with Crippen molar-refractivity contribution in [3.05, 3.63) is 95.4 Å². The number of aromatic nitrogens is 2. The minimum Gasteiger partial charge on any atom is -0.487 e. The van der Waals surface area contributed by atoms with Crippen LogP contribution in [0.2, 0.25) is 0 Å². The third kappa shape index (κ3) is 5.08. The molecule has 1 aliphatic rings. The van der Waals surface area contributed by atoms with E-state index in [0.29, 0.717) is 24.5 Å². The molecule has 5 rings (SSSR count). The number of amides is 2. The number of likely N-dealkylation sites (tertiary alicyclic amines) is 1. The molecule has 0 bridgehead atoms. The number of benzene rings is 2. The predicted molar refractivity (Wildman–Crippen MR) is 138 cm³/mol. The molecule has 8 nitrogen and oxygen atoms in total. The van der Waals surface area contributed by atoms with E-state index in [1.165, 1.54) is 0 Å². The van der Waals surface area contributed by atoms with Crippen LogP contribution < -0.4 is 15.8 Å². The van der Waals surface area contributed by atoms with Crippen molar-refractivity contribution >= 4 is 23.1 Å². The van der Waals surface area contributed by atoms with Crippen LogP contribution in [0.1, 0.15) is 40.0 Å². The molecule has 1 atom stereocenters. The number of aryl methyl sites for hydroxylation is 1. The van der Waals surface area contributed by atoms with Gasteiger partial charge in [-0.05, 0) is 73.8 Å². The number of nitrogens with two attached hydrogens (primary N) is 1. The minimum atomic E-state index is -0.298. The number of carbonyl (C=O) groups is 2. The molecule has 2 aromatic carbocycles. The lowest BCUT2D eigenvalue weighted by Crippen LogP contribution is -2.39. The molecule has 2 aromatic heterocycles. The van der Waals surface area contributed by atoms with E-state index in [9.17, 15) is 9.59 Å². The zero-order valence-electron chi connectivity index (χ0n) is 20.2. The summed E-state index contributed by atoms with van der Waals surface area (Å²) in [6, 6.07) is 18.4. The molecule has 1 saturated heterocycles. The Morgan fingerprint density at radius 2 is 1.92 bits per heavy atom. The lowest BCUT2D eigenvalue weighted by molar-refractivity contribution is -0.122. The number of anilines is 1. The van der Waals surface area contributed by atoms with Gasteiger partial charge in [-0.3, -0.25) is 14.5 Å². The summed E-state index contributed by atoms with van der Waals surface area (Å²) in [5, 5.41) is 3.01. The van der Waals surface area contributed by atoms with E-state index in [4.69, 9.17) is 10.5 Å². The first-order chi connectivity index (χ1) is 17.5. The van der Waals surface area contributed by atoms with Gasteiger partial charge in [0.1, 0.15) is 18.0 Å². The summed E-state index contributed by atoms with van der Waals surface area (Å²) in [6.07, 6.45) is 5.63. The average Bonchev–Trinajstić information content (AvgIpc) is 3.52. The summed E-state index contributed by atoms with van der Waals surface area (Å²) in [7, 11) is 0. The van der Waals surface area contributed by atoms with Crippen LogP contribution in [0.15, 0.2) is 73.1 Å². The molecule has 3 heterocycles. The van der Waals surface area contributed by atoms with Crippen LogP contribution in [0.3, 0.4) is 0 Å². The van der Waals surface area contributed by atoms with Crippen molar-refractivity contribution in [1.29, 1.82) is 0 Å². The first-order valence-electron chi connectivity index (χ1n) is 12.1. The largest absolute Gasteiger partial charge is 0.487 e. The summed E-state index contributed by atoms with van der Waals surface area (Å²) < 4.78 is 7.87. The zero-order chi connectivity index (χ0) is 25.1. The Hall–Kier alpha value is -4.17. The number of hydrogen-bond acceptors (Lipinski definition) is 5. The molecule has 8 heteroatoms. The standard InChI is InChI=1S/C28H29N5O3/c1-19-6-4-15-33-17-22(30-27(19)33)18-36-23-12-10-20(11-13-23)28(35)31-24-8-3-2-7-21(24)16-32-14-5-9-25(32)26(29)34/h2-4,6-8,10-13,15,17,25H,5,9,14,16,18H2,1H3,(H2,29,34)(H,31,35). The maximum absolute atomic E-state index is 12.9. The number of fused-ring (bicyclic) bond motifs is 1. The van der Waals surface area contributed by atoms with Crippen LogP contribution in [-0.2, 0) is 17.9 Å². The minimum absolute atomic E-state index is 0.210. The second kappa shape index (κ2) is 10.2. The van der Waals surface area contributed by atoms with Gasteiger partial charge in [0.15, 0.2) is 0 Å². The van der Waals surface area contributed by atoms with Crippen LogP contribution in [0.5, 0.6) is 5.75 Å². The first kappa shape index (κ1) is 23.6. The average molecular weight is 484 g/mol. The Labute approximate surface area is 209 Å². The smallest absolute Gasteiger partial charge is 0.255 e. The van der Waals surface area contributed by atoms with Crippen LogP contribution in [0.4, 0.5) is 5.69 Å². The highest BCUT2D eigenvalue weighted by Gasteiger charge is 2.29. The Balaban J connectivity index is 1.22. The number of carbonyl (C=O) groups excluding carboxylic acids is 2. The molecule has 0 saturated carbocycles. The quantitative estimate of drug-likeness (QED) is 0.396. The second-order valence-electron chi connectivity index (χ2n) is 9.11. The Morgan fingerprint density at radius 1 is 1.11 bits per heavy atom.